The summed E-state index contributed by atoms with van der Waals surface area (Å²) >= 11 is 0. The number of likely N-dealkylation sites (tertiary alicyclic amines) is 2. The van der Waals surface area contributed by atoms with E-state index in [9.17, 15) is 33.6 Å². The zero-order valence-corrected chi connectivity index (χ0v) is 40.4. The van der Waals surface area contributed by atoms with Crippen molar-refractivity contribution >= 4 is 41.2 Å². The molecule has 0 aromatic carbocycles. The Kier molecular flexibility index (Phi) is 23.3. The molecule has 352 valence electrons. The molecule has 2 heterocycles. The number of Topliss-reactive ketones (excluding diaryl/α,β-unsaturated/α-hetero) is 1. The fourth-order valence-corrected chi connectivity index (χ4v) is 7.64. The topological polar surface area (TPSA) is 132 Å². The highest BCUT2D eigenvalue weighted by Gasteiger charge is 2.54. The van der Waals surface area contributed by atoms with Gasteiger partial charge >= 0.3 is 0 Å². The first-order valence-electron chi connectivity index (χ1n) is 22.7. The van der Waals surface area contributed by atoms with Crippen LogP contribution in [0, 0.1) is 0 Å². The third kappa shape index (κ3) is 17.4. The third-order valence-electron chi connectivity index (χ3n) is 10.6. The number of ketones is 1. The van der Waals surface area contributed by atoms with E-state index in [0.717, 1.165) is 45.4 Å². The normalized spacial score (nSPS) is 15.1. The average molecular weight is 963 g/mol. The molecule has 4 rings (SSSR count). The van der Waals surface area contributed by atoms with Crippen LogP contribution in [0.1, 0.15) is 90.9 Å². The zero-order chi connectivity index (χ0) is 53.3. The molecule has 0 spiro atoms. The van der Waals surface area contributed by atoms with Crippen LogP contribution in [0.3, 0.4) is 0 Å². The highest BCUT2D eigenvalue weighted by molar-refractivity contribution is 6.35. The van der Waals surface area contributed by atoms with E-state index in [-0.39, 0.29) is 11.6 Å². The molecule has 11 nitrogen and oxygen atoms in total. The van der Waals surface area contributed by atoms with E-state index in [1.807, 2.05) is 0 Å². The number of rotatable bonds is 8. The van der Waals surface area contributed by atoms with Gasteiger partial charge in [-0.15, -0.1) is 0 Å². The first kappa shape index (κ1) is 55.5. The molecule has 6 amide bonds. The average Bonchev–Trinajstić information content (AvgIpc) is 3.85. The predicted molar refractivity (Wildman–Crippen MR) is 262 cm³/mol. The molecule has 74 heavy (non-hydrogen) atoms. The molecular formula is C63H38N4O7. The van der Waals surface area contributed by atoms with Gasteiger partial charge in [-0.2, -0.15) is 0 Å². The van der Waals surface area contributed by atoms with Crippen LogP contribution in [0.15, 0.2) is 219 Å². The Balaban J connectivity index is 1.74. The fraction of sp³-hybridized carbons (Fsp3) is 0.286. The van der Waals surface area contributed by atoms with E-state index in [1.165, 1.54) is 16.7 Å². The summed E-state index contributed by atoms with van der Waals surface area (Å²) in [6, 6.07) is -3.48. The summed E-state index contributed by atoms with van der Waals surface area (Å²) < 4.78 is 0. The molecule has 2 aliphatic carbocycles. The number of amides is 6. The van der Waals surface area contributed by atoms with Crippen molar-refractivity contribution in [2.75, 3.05) is 0 Å². The van der Waals surface area contributed by atoms with Crippen LogP contribution in [0.4, 0.5) is 0 Å². The van der Waals surface area contributed by atoms with Crippen molar-refractivity contribution in [3.63, 3.8) is 0 Å². The van der Waals surface area contributed by atoms with Crippen molar-refractivity contribution in [3.8, 4) is 0 Å². The van der Waals surface area contributed by atoms with Gasteiger partial charge < -0.3 is 9.80 Å². The Morgan fingerprint density at radius 1 is 0.419 bits per heavy atom. The SMILES string of the molecule is C=C=C=C=C=C=C=C=C=C=C=C=C=C=C=C=C=C=C=C=C=C=C=C=C=C=C=C=C=C=C=C=C=C=C=C(N1C(=O)CC(N(C(=O)C(=C)C)C2CCCCC2)C1=O)N1C(=O)CC(N(C(=O)C(C)=O)C2CCCCC2)C1=O. The standard InChI is InChI=1S/C63H38N4O7/c1-5-6-7-8-9-10-11-12-13-14-15-16-17-18-19-20-21-22-23-24-25-26-27-28-29-30-31-32-33-34-35-36-43-48-57(66-58(69)49-55(62(66)73)64(60(71)51(2)3)53-44-39-37-40-45-53)67-59(70)50-56(63(67)74)65(61(72)52(4)68)54-46-41-38-42-47-54/h53-56H,1-2,37-42,44-47,49-50H2,3-4H3. The van der Waals surface area contributed by atoms with Crippen LogP contribution in [0.5, 0.6) is 0 Å². The molecule has 2 unspecified atom stereocenters. The van der Waals surface area contributed by atoms with Gasteiger partial charge in [0.05, 0.1) is 12.8 Å². The van der Waals surface area contributed by atoms with Gasteiger partial charge in [0.1, 0.15) is 12.1 Å². The maximum atomic E-state index is 14.4. The van der Waals surface area contributed by atoms with E-state index >= 15 is 0 Å². The minimum absolute atomic E-state index is 0.173. The van der Waals surface area contributed by atoms with E-state index < -0.39 is 78.0 Å². The molecule has 4 fully saturated rings. The van der Waals surface area contributed by atoms with E-state index in [0.29, 0.717) is 35.5 Å². The number of carbonyl (C=O) groups excluding carboxylic acids is 7. The molecule has 2 aliphatic heterocycles. The van der Waals surface area contributed by atoms with Gasteiger partial charge in [0.2, 0.25) is 23.5 Å². The Bertz CT molecular complexity index is 3820. The summed E-state index contributed by atoms with van der Waals surface area (Å²) in [7, 11) is 0. The smallest absolute Gasteiger partial charge is 0.290 e. The molecule has 0 aromatic rings. The van der Waals surface area contributed by atoms with E-state index in [2.05, 4.69) is 208 Å². The number of hydrogen-bond acceptors (Lipinski definition) is 7. The predicted octanol–water partition coefficient (Wildman–Crippen LogP) is 7.47. The van der Waals surface area contributed by atoms with Crippen LogP contribution in [-0.4, -0.2) is 85.0 Å². The van der Waals surface area contributed by atoms with Gasteiger partial charge in [-0.1, -0.05) is 50.8 Å². The maximum Gasteiger partial charge on any atom is 0.290 e. The van der Waals surface area contributed by atoms with Gasteiger partial charge in [0.15, 0.2) is 5.82 Å². The lowest BCUT2D eigenvalue weighted by Crippen LogP contribution is -2.54. The summed E-state index contributed by atoms with van der Waals surface area (Å²) in [5.41, 5.74) is 84.4. The molecule has 2 saturated carbocycles. The summed E-state index contributed by atoms with van der Waals surface area (Å²) in [6.07, 6.45) is 6.32. The number of carbonyl (C=O) groups is 7. The van der Waals surface area contributed by atoms with Crippen LogP contribution in [0.2, 0.25) is 0 Å². The number of imide groups is 2. The Labute approximate surface area is 427 Å². The number of nitrogens with zero attached hydrogens (tertiary/aromatic N) is 4. The molecule has 2 saturated heterocycles. The first-order chi connectivity index (χ1) is 36.0. The third-order valence-corrected chi connectivity index (χ3v) is 10.6. The van der Waals surface area contributed by atoms with E-state index in [4.69, 9.17) is 0 Å². The monoisotopic (exact) mass is 962 g/mol. The Hall–Kier alpha value is -11.1. The quantitative estimate of drug-likeness (QED) is 0.107. The minimum Gasteiger partial charge on any atom is -0.323 e. The minimum atomic E-state index is -1.39. The van der Waals surface area contributed by atoms with Crippen LogP contribution >= 0.6 is 0 Å². The van der Waals surface area contributed by atoms with Gasteiger partial charge in [-0.3, -0.25) is 33.6 Å². The lowest BCUT2D eigenvalue weighted by Gasteiger charge is -2.38. The van der Waals surface area contributed by atoms with Gasteiger partial charge in [-0.05, 0) is 137 Å². The molecule has 0 radical (unpaired) electrons. The lowest BCUT2D eigenvalue weighted by atomic mass is 9.92. The van der Waals surface area contributed by atoms with Crippen molar-refractivity contribution in [1.82, 2.24) is 19.6 Å². The molecule has 2 atom stereocenters. The maximum absolute atomic E-state index is 14.4. The van der Waals surface area contributed by atoms with Crippen LogP contribution < -0.4 is 0 Å². The molecule has 0 aromatic heterocycles. The molecule has 0 N–H and O–H groups in total. The molecular weight excluding hydrogens is 925 g/mol. The Morgan fingerprint density at radius 3 is 0.959 bits per heavy atom. The summed E-state index contributed by atoms with van der Waals surface area (Å²) in [6.45, 7) is 9.72. The summed E-state index contributed by atoms with van der Waals surface area (Å²) in [4.78, 5) is 99.6. The number of hydrogen-bond donors (Lipinski definition) is 0. The van der Waals surface area contributed by atoms with Crippen molar-refractivity contribution in [3.05, 3.63) is 219 Å². The highest BCUT2D eigenvalue weighted by Crippen LogP contribution is 2.35. The molecule has 4 aliphatic rings. The lowest BCUT2D eigenvalue weighted by molar-refractivity contribution is -0.152. The van der Waals surface area contributed by atoms with Gasteiger partial charge in [-0.25, -0.2) is 9.80 Å². The first-order valence-corrected chi connectivity index (χ1v) is 22.7. The van der Waals surface area contributed by atoms with E-state index in [1.54, 1.807) is 0 Å². The van der Waals surface area contributed by atoms with Crippen LogP contribution in [0.25, 0.3) is 0 Å². The zero-order valence-electron chi connectivity index (χ0n) is 40.4. The fourth-order valence-electron chi connectivity index (χ4n) is 7.64. The van der Waals surface area contributed by atoms with Crippen molar-refractivity contribution in [2.45, 2.75) is 115 Å². The van der Waals surface area contributed by atoms with Gasteiger partial charge in [0, 0.05) is 116 Å². The van der Waals surface area contributed by atoms with Gasteiger partial charge in [0.25, 0.3) is 17.7 Å². The largest absolute Gasteiger partial charge is 0.323 e. The Morgan fingerprint density at radius 2 is 0.689 bits per heavy atom. The van der Waals surface area contributed by atoms with Crippen LogP contribution in [-0.2, 0) is 33.6 Å². The van der Waals surface area contributed by atoms with Crippen molar-refractivity contribution < 1.29 is 33.6 Å². The summed E-state index contributed by atoms with van der Waals surface area (Å²) in [5.74, 6) is -6.27. The second-order valence-corrected chi connectivity index (χ2v) is 15.5. The highest BCUT2D eigenvalue weighted by atomic mass is 16.2. The van der Waals surface area contributed by atoms with Crippen molar-refractivity contribution in [1.29, 1.82) is 0 Å². The van der Waals surface area contributed by atoms with Crippen molar-refractivity contribution in [2.24, 2.45) is 0 Å². The summed E-state index contributed by atoms with van der Waals surface area (Å²) in [5, 5.41) is 0. The second-order valence-electron chi connectivity index (χ2n) is 15.5. The molecule has 0 bridgehead atoms. The molecule has 11 heteroatoms. The second kappa shape index (κ2) is 31.1.